The van der Waals surface area contributed by atoms with Crippen molar-refractivity contribution in [2.45, 2.75) is 96.1 Å². The molecule has 3 amide bonds. The first-order valence-electron chi connectivity index (χ1n) is 24.5. The largest absolute Gasteiger partial charge is 0.778 e. The lowest BCUT2D eigenvalue weighted by atomic mass is 9.81. The van der Waals surface area contributed by atoms with Gasteiger partial charge in [-0.1, -0.05) is 42.6 Å². The number of hydrogen-bond donors (Lipinski definition) is 3. The first-order valence-corrected chi connectivity index (χ1v) is 31.5. The fraction of sp³-hybridized carbons (Fsp3) is 0.453. The van der Waals surface area contributed by atoms with Gasteiger partial charge in [-0.2, -0.15) is 0 Å². The number of sulfone groups is 1. The Balaban J connectivity index is 0.000000369. The Morgan fingerprint density at radius 2 is 1.57 bits per heavy atom. The van der Waals surface area contributed by atoms with E-state index in [1.807, 2.05) is 31.3 Å². The summed E-state index contributed by atoms with van der Waals surface area (Å²) in [4.78, 5) is 114. The molecular weight excluding hydrogens is 1150 g/mol. The Bertz CT molecular complexity index is 2990. The lowest BCUT2D eigenvalue weighted by molar-refractivity contribution is -0.385. The highest BCUT2D eigenvalue weighted by Gasteiger charge is 2.42. The summed E-state index contributed by atoms with van der Waals surface area (Å²) in [6, 6.07) is 11.1. The number of methoxy groups -OCH3 is 1. The van der Waals surface area contributed by atoms with Gasteiger partial charge in [-0.15, -0.1) is 18.0 Å². The number of para-hydroxylation sites is 1. The van der Waals surface area contributed by atoms with E-state index in [2.05, 4.69) is 37.7 Å². The zero-order valence-corrected chi connectivity index (χ0v) is 49.7. The van der Waals surface area contributed by atoms with Crippen LogP contribution in [-0.4, -0.2) is 134 Å². The van der Waals surface area contributed by atoms with Crippen LogP contribution in [0.3, 0.4) is 0 Å². The Labute approximate surface area is 477 Å². The summed E-state index contributed by atoms with van der Waals surface area (Å²) >= 11 is 11.7. The van der Waals surface area contributed by atoms with Crippen LogP contribution >= 0.6 is 30.8 Å². The molecule has 438 valence electrons. The predicted octanol–water partition coefficient (Wildman–Crippen LogP) is 6.56. The minimum atomic E-state index is -4.35. The number of rotatable bonds is 17. The number of hydrogen-bond acceptors (Lipinski definition) is 16. The molecule has 1 saturated carbocycles. The van der Waals surface area contributed by atoms with Crippen LogP contribution in [0.1, 0.15) is 87.2 Å². The molecule has 21 nitrogen and oxygen atoms in total. The number of terminal acetylenes is 1. The summed E-state index contributed by atoms with van der Waals surface area (Å²) in [5, 5.41) is 21.1. The molecule has 3 aromatic rings. The number of amides is 3. The standard InChI is InChI=1S/C18H15ClFNO3.C15H22ClNO2.C14H13NO7S.C3H8NO5P.C3H9S/c1-3-10(2)24-16-9-15(14(20)8-13(16)19)21-17(22)11-6-4-5-7-12(11)18(21)23;1-5-13-8-6-7-11(2)15(13)17(14(18)9-16)12(3)10-19-4;1-23(21,22)8-5-6-9(10(7-8)15(19)20)14(18)13-11(16)3-2-4-12(13)17;5-3(6)1-4-2-10(7,8)9;1-4(2)3/h1,8-10H,4-7H2,2H3;6-8,12H,5,9-10H2,1-4H3;5-7,13H,2-4H2,1H3;4H,1-2H2,(H,5,6)(H2,7,8,9);1-3H3/q;;;;+1/p-1. The third-order valence-corrected chi connectivity index (χ3v) is 13.8. The van der Waals surface area contributed by atoms with Crippen molar-refractivity contribution in [1.82, 2.24) is 5.32 Å². The van der Waals surface area contributed by atoms with E-state index < -0.39 is 99.4 Å². The van der Waals surface area contributed by atoms with E-state index in [4.69, 9.17) is 49.1 Å². The van der Waals surface area contributed by atoms with E-state index in [-0.39, 0.29) is 52.0 Å². The number of ether oxygens (including phenoxy) is 2. The minimum Gasteiger partial charge on any atom is -0.778 e. The van der Waals surface area contributed by atoms with Crippen LogP contribution in [-0.2, 0) is 65.2 Å². The number of anilines is 2. The summed E-state index contributed by atoms with van der Waals surface area (Å²) in [6.07, 6.45) is 15.6. The molecule has 3 aliphatic rings. The van der Waals surface area contributed by atoms with E-state index in [0.29, 0.717) is 47.9 Å². The maximum Gasteiger partial charge on any atom is 0.317 e. The summed E-state index contributed by atoms with van der Waals surface area (Å²) in [5.41, 5.74) is 2.85. The van der Waals surface area contributed by atoms with E-state index in [1.54, 1.807) is 18.9 Å². The van der Waals surface area contributed by atoms with Gasteiger partial charge < -0.3 is 33.8 Å². The number of carbonyl (C=O) groups is 7. The molecule has 6 rings (SSSR count). The highest BCUT2D eigenvalue weighted by molar-refractivity contribution is 7.94. The van der Waals surface area contributed by atoms with E-state index in [1.165, 1.54) is 6.07 Å². The predicted molar refractivity (Wildman–Crippen MR) is 302 cm³/mol. The van der Waals surface area contributed by atoms with Gasteiger partial charge in [0, 0.05) is 49.5 Å². The maximum absolute atomic E-state index is 14.4. The molecule has 0 saturated heterocycles. The molecule has 1 heterocycles. The van der Waals surface area contributed by atoms with E-state index >= 15 is 0 Å². The van der Waals surface area contributed by atoms with Crippen LogP contribution in [0, 0.1) is 41.1 Å². The molecule has 1 aliphatic heterocycles. The van der Waals surface area contributed by atoms with E-state index in [9.17, 15) is 65.9 Å². The lowest BCUT2D eigenvalue weighted by Gasteiger charge is -2.31. The fourth-order valence-corrected chi connectivity index (χ4v) is 9.40. The number of carbonyl (C=O) groups excluding carboxylic acids is 6. The monoisotopic (exact) mass is 1210 g/mol. The number of Topliss-reactive ketones (excluding diaryl/α,β-unsaturated/α-hetero) is 3. The number of alkyl halides is 1. The number of aliphatic carboxylic acids is 1. The van der Waals surface area contributed by atoms with Gasteiger partial charge >= 0.3 is 5.97 Å². The molecule has 3 aromatic carbocycles. The summed E-state index contributed by atoms with van der Waals surface area (Å²) in [6.45, 7) is 7.71. The first kappa shape index (κ1) is 70.2. The van der Waals surface area contributed by atoms with Crippen molar-refractivity contribution in [1.29, 1.82) is 0 Å². The maximum atomic E-state index is 14.4. The highest BCUT2D eigenvalue weighted by Crippen LogP contribution is 2.40. The number of nitro benzene ring substituents is 1. The van der Waals surface area contributed by atoms with Crippen molar-refractivity contribution < 1.29 is 80.2 Å². The number of benzene rings is 3. The summed E-state index contributed by atoms with van der Waals surface area (Å²) < 4.78 is 57.9. The van der Waals surface area contributed by atoms with Crippen LogP contribution in [0.25, 0.3) is 0 Å². The first-order chi connectivity index (χ1) is 37.3. The van der Waals surface area contributed by atoms with Crippen molar-refractivity contribution in [2.24, 2.45) is 5.92 Å². The van der Waals surface area contributed by atoms with Crippen molar-refractivity contribution in [3.8, 4) is 18.1 Å². The molecule has 0 aromatic heterocycles. The van der Waals surface area contributed by atoms with Crippen LogP contribution in [0.4, 0.5) is 21.5 Å². The molecule has 2 aliphatic carbocycles. The van der Waals surface area contributed by atoms with Crippen LogP contribution in [0.15, 0.2) is 64.6 Å². The van der Waals surface area contributed by atoms with Crippen LogP contribution < -0.4 is 24.7 Å². The van der Waals surface area contributed by atoms with Gasteiger partial charge in [-0.3, -0.25) is 49.0 Å². The SMILES string of the molecule is C#CC(C)Oc1cc(N2C(=O)C3=C(CCCC3)C2=O)c(F)cc1Cl.CCc1cccc(C)c1N(C(=O)CCl)C(C)COC.CS(=O)(=O)c1ccc(C(=O)C2C(=O)CCCC2=O)c([N+](=O)[O-])c1.C[S+](C)C.O=C(O)CNCP(=O)([O-])O. The van der Waals surface area contributed by atoms with Crippen molar-refractivity contribution in [3.63, 3.8) is 0 Å². The molecular formula is C53H66Cl2FN4O17PS2. The molecule has 3 atom stereocenters. The normalized spacial score (nSPS) is 15.7. The molecule has 0 bridgehead atoms. The van der Waals surface area contributed by atoms with Gasteiger partial charge in [-0.05, 0) is 99.5 Å². The number of aryl methyl sites for hydroxylation is 2. The minimum absolute atomic E-state index is 0.0223. The van der Waals surface area contributed by atoms with Crippen LogP contribution in [0.2, 0.25) is 5.02 Å². The van der Waals surface area contributed by atoms with Gasteiger partial charge in [0.1, 0.15) is 31.0 Å². The zero-order chi connectivity index (χ0) is 61.0. The number of nitro groups is 1. The molecule has 27 heteroatoms. The number of imide groups is 1. The zero-order valence-electron chi connectivity index (χ0n) is 45.7. The summed E-state index contributed by atoms with van der Waals surface area (Å²) in [7, 11) is -5.77. The van der Waals surface area contributed by atoms with Crippen molar-refractivity contribution in [3.05, 3.63) is 97.3 Å². The fourth-order valence-electron chi connectivity index (χ4n) is 8.04. The van der Waals surface area contributed by atoms with Crippen molar-refractivity contribution in [2.75, 3.05) is 67.3 Å². The Hall–Kier alpha value is -5.87. The highest BCUT2D eigenvalue weighted by atomic mass is 35.5. The van der Waals surface area contributed by atoms with Gasteiger partial charge in [-0.25, -0.2) is 17.7 Å². The van der Waals surface area contributed by atoms with Gasteiger partial charge in [0.15, 0.2) is 33.3 Å². The molecule has 3 N–H and O–H groups in total. The average Bonchev–Trinajstić information content (AvgIpc) is 3.62. The van der Waals surface area contributed by atoms with Gasteiger partial charge in [0.05, 0.1) is 76.0 Å². The molecule has 80 heavy (non-hydrogen) atoms. The number of carboxylic acid groups (broad SMARTS) is 1. The number of ketones is 3. The number of carboxylic acids is 1. The Morgan fingerprint density at radius 3 is 2.04 bits per heavy atom. The molecule has 0 spiro atoms. The van der Waals surface area contributed by atoms with Gasteiger partial charge in [0.2, 0.25) is 5.91 Å². The van der Waals surface area contributed by atoms with Crippen LogP contribution in [0.5, 0.6) is 5.75 Å². The van der Waals surface area contributed by atoms with Crippen molar-refractivity contribution >= 4 is 110 Å². The third kappa shape index (κ3) is 20.9. The average molecular weight is 1220 g/mol. The second-order valence-corrected chi connectivity index (χ2v) is 25.3. The quantitative estimate of drug-likeness (QED) is 0.0148. The second kappa shape index (κ2) is 32.5. The Morgan fingerprint density at radius 1 is 1.01 bits per heavy atom. The topological polar surface area (TPSA) is 314 Å². The lowest BCUT2D eigenvalue weighted by Crippen LogP contribution is -2.43. The number of nitrogens with one attached hydrogen (secondary N) is 1. The summed E-state index contributed by atoms with van der Waals surface area (Å²) in [5.74, 6) is -4.09. The second-order valence-electron chi connectivity index (χ2n) is 18.5. The number of nitrogens with zero attached hydrogens (tertiary/aromatic N) is 3. The smallest absolute Gasteiger partial charge is 0.317 e. The Kier molecular flexibility index (Phi) is 28.6. The van der Waals surface area contributed by atoms with E-state index in [0.717, 1.165) is 71.5 Å². The molecule has 1 fully saturated rings. The number of halogens is 3. The van der Waals surface area contributed by atoms with Gasteiger partial charge in [0.25, 0.3) is 17.5 Å². The molecule has 0 radical (unpaired) electrons. The third-order valence-electron chi connectivity index (χ3n) is 11.5. The molecule has 3 unspecified atom stereocenters.